The molecule has 1 unspecified atom stereocenters. The first kappa shape index (κ1) is 19.2. The van der Waals surface area contributed by atoms with Crippen molar-refractivity contribution in [3.63, 3.8) is 0 Å². The third kappa shape index (κ3) is 4.57. The highest BCUT2D eigenvalue weighted by atomic mass is 16.2. The smallest absolute Gasteiger partial charge is 0.229 e. The second kappa shape index (κ2) is 8.38. The van der Waals surface area contributed by atoms with Gasteiger partial charge in [0.25, 0.3) is 0 Å². The monoisotopic (exact) mass is 364 g/mol. The molecule has 0 aromatic heterocycles. The fourth-order valence-corrected chi connectivity index (χ4v) is 3.42. The van der Waals surface area contributed by atoms with Gasteiger partial charge < -0.3 is 10.2 Å². The molecule has 4 heteroatoms. The van der Waals surface area contributed by atoms with Gasteiger partial charge in [-0.3, -0.25) is 9.59 Å². The van der Waals surface area contributed by atoms with E-state index in [1.807, 2.05) is 44.2 Å². The number of anilines is 2. The highest BCUT2D eigenvalue weighted by Gasteiger charge is 2.35. The Morgan fingerprint density at radius 3 is 2.52 bits per heavy atom. The molecule has 2 amide bonds. The fraction of sp³-hybridized carbons (Fsp3) is 0.391. The molecule has 1 saturated heterocycles. The van der Waals surface area contributed by atoms with Crippen molar-refractivity contribution in [2.24, 2.45) is 5.92 Å². The summed E-state index contributed by atoms with van der Waals surface area (Å²) in [5, 5.41) is 2.96. The summed E-state index contributed by atoms with van der Waals surface area (Å²) in [6, 6.07) is 14.0. The Morgan fingerprint density at radius 1 is 1.11 bits per heavy atom. The van der Waals surface area contributed by atoms with E-state index in [4.69, 9.17) is 0 Å². The summed E-state index contributed by atoms with van der Waals surface area (Å²) < 4.78 is 0. The van der Waals surface area contributed by atoms with Gasteiger partial charge in [0.15, 0.2) is 0 Å². The number of carbonyl (C=O) groups excluding carboxylic acids is 2. The van der Waals surface area contributed by atoms with Gasteiger partial charge in [-0.25, -0.2) is 0 Å². The molecule has 0 bridgehead atoms. The zero-order valence-electron chi connectivity index (χ0n) is 16.4. The van der Waals surface area contributed by atoms with Crippen LogP contribution in [0.2, 0.25) is 0 Å². The van der Waals surface area contributed by atoms with E-state index in [-0.39, 0.29) is 24.2 Å². The lowest BCUT2D eigenvalue weighted by Gasteiger charge is -2.17. The summed E-state index contributed by atoms with van der Waals surface area (Å²) in [5.41, 5.74) is 5.28. The molecule has 1 fully saturated rings. The maximum atomic E-state index is 12.6. The number of aryl methyl sites for hydroxylation is 3. The van der Waals surface area contributed by atoms with Crippen LogP contribution in [0.5, 0.6) is 0 Å². The van der Waals surface area contributed by atoms with Crippen LogP contribution in [0, 0.1) is 19.8 Å². The number of amides is 2. The molecule has 2 aromatic carbocycles. The number of nitrogens with zero attached hydrogens (tertiary/aromatic N) is 1. The Morgan fingerprint density at radius 2 is 1.85 bits per heavy atom. The maximum absolute atomic E-state index is 12.6. The third-order valence-corrected chi connectivity index (χ3v) is 5.34. The summed E-state index contributed by atoms with van der Waals surface area (Å²) in [4.78, 5) is 26.8. The second-order valence-electron chi connectivity index (χ2n) is 7.46. The standard InChI is InChI=1S/C23H28N2O2/c1-4-5-6-18-8-11-21(12-9-18)25-15-19(14-22(25)26)23(27)24-20-10-7-16(2)17(3)13-20/h7-13,19H,4-6,14-15H2,1-3H3,(H,24,27). The average molecular weight is 364 g/mol. The molecule has 1 atom stereocenters. The summed E-state index contributed by atoms with van der Waals surface area (Å²) in [6.45, 7) is 6.68. The molecular weight excluding hydrogens is 336 g/mol. The van der Waals surface area contributed by atoms with E-state index in [2.05, 4.69) is 24.4 Å². The van der Waals surface area contributed by atoms with Crippen molar-refractivity contribution in [1.29, 1.82) is 0 Å². The number of carbonyl (C=O) groups is 2. The molecule has 142 valence electrons. The second-order valence-corrected chi connectivity index (χ2v) is 7.46. The minimum Gasteiger partial charge on any atom is -0.326 e. The molecule has 27 heavy (non-hydrogen) atoms. The molecule has 3 rings (SSSR count). The average Bonchev–Trinajstić information content (AvgIpc) is 3.05. The number of unbranched alkanes of at least 4 members (excludes halogenated alkanes) is 1. The lowest BCUT2D eigenvalue weighted by atomic mass is 10.1. The Bertz CT molecular complexity index is 827. The molecule has 1 heterocycles. The third-order valence-electron chi connectivity index (χ3n) is 5.34. The van der Waals surface area contributed by atoms with E-state index in [0.29, 0.717) is 6.54 Å². The van der Waals surface area contributed by atoms with E-state index in [9.17, 15) is 9.59 Å². The first-order chi connectivity index (χ1) is 13.0. The Balaban J connectivity index is 1.64. The van der Waals surface area contributed by atoms with Crippen LogP contribution >= 0.6 is 0 Å². The van der Waals surface area contributed by atoms with Crippen LogP contribution in [0.25, 0.3) is 0 Å². The summed E-state index contributed by atoms with van der Waals surface area (Å²) in [7, 11) is 0. The topological polar surface area (TPSA) is 49.4 Å². The van der Waals surface area contributed by atoms with Gasteiger partial charge in [-0.05, 0) is 67.6 Å². The van der Waals surface area contributed by atoms with Crippen LogP contribution in [0.15, 0.2) is 42.5 Å². The SMILES string of the molecule is CCCCc1ccc(N2CC(C(=O)Nc3ccc(C)c(C)c3)CC2=O)cc1. The molecule has 0 spiro atoms. The van der Waals surface area contributed by atoms with Gasteiger partial charge >= 0.3 is 0 Å². The normalized spacial score (nSPS) is 16.6. The number of hydrogen-bond donors (Lipinski definition) is 1. The quantitative estimate of drug-likeness (QED) is 0.812. The van der Waals surface area contributed by atoms with Gasteiger partial charge in [-0.15, -0.1) is 0 Å². The van der Waals surface area contributed by atoms with Crippen molar-refractivity contribution < 1.29 is 9.59 Å². The molecule has 1 N–H and O–H groups in total. The van der Waals surface area contributed by atoms with Crippen LogP contribution in [-0.2, 0) is 16.0 Å². The van der Waals surface area contributed by atoms with Gasteiger partial charge in [0.05, 0.1) is 5.92 Å². The van der Waals surface area contributed by atoms with Crippen LogP contribution in [0.3, 0.4) is 0 Å². The maximum Gasteiger partial charge on any atom is 0.229 e. The van der Waals surface area contributed by atoms with Crippen LogP contribution < -0.4 is 10.2 Å². The van der Waals surface area contributed by atoms with Crippen molar-refractivity contribution >= 4 is 23.2 Å². The van der Waals surface area contributed by atoms with Crippen LogP contribution in [0.4, 0.5) is 11.4 Å². The first-order valence-electron chi connectivity index (χ1n) is 9.75. The van der Waals surface area contributed by atoms with Gasteiger partial charge in [0.2, 0.25) is 11.8 Å². The molecule has 0 saturated carbocycles. The molecule has 0 radical (unpaired) electrons. The van der Waals surface area contributed by atoms with Gasteiger partial charge in [-0.1, -0.05) is 31.5 Å². The zero-order chi connectivity index (χ0) is 19.4. The number of nitrogens with one attached hydrogen (secondary N) is 1. The van der Waals surface area contributed by atoms with E-state index in [0.717, 1.165) is 23.4 Å². The first-order valence-corrected chi connectivity index (χ1v) is 9.75. The molecule has 2 aromatic rings. The molecule has 1 aliphatic rings. The molecule has 0 aliphatic carbocycles. The van der Waals surface area contributed by atoms with Crippen LogP contribution in [0.1, 0.15) is 42.9 Å². The Labute approximate surface area is 161 Å². The highest BCUT2D eigenvalue weighted by Crippen LogP contribution is 2.27. The predicted octanol–water partition coefficient (Wildman–Crippen LogP) is 4.64. The summed E-state index contributed by atoms with van der Waals surface area (Å²) in [5.74, 6) is -0.399. The van der Waals surface area contributed by atoms with Crippen LogP contribution in [-0.4, -0.2) is 18.4 Å². The van der Waals surface area contributed by atoms with Gasteiger partial charge in [-0.2, -0.15) is 0 Å². The van der Waals surface area contributed by atoms with Crippen molar-refractivity contribution in [2.45, 2.75) is 46.5 Å². The zero-order valence-corrected chi connectivity index (χ0v) is 16.4. The largest absolute Gasteiger partial charge is 0.326 e. The Kier molecular flexibility index (Phi) is 5.94. The van der Waals surface area contributed by atoms with Gasteiger partial charge in [0.1, 0.15) is 0 Å². The van der Waals surface area contributed by atoms with E-state index in [1.165, 1.54) is 24.0 Å². The number of hydrogen-bond acceptors (Lipinski definition) is 2. The lowest BCUT2D eigenvalue weighted by Crippen LogP contribution is -2.28. The number of rotatable bonds is 6. The van der Waals surface area contributed by atoms with E-state index >= 15 is 0 Å². The molecular formula is C23H28N2O2. The summed E-state index contributed by atoms with van der Waals surface area (Å²) in [6.07, 6.45) is 3.66. The van der Waals surface area contributed by atoms with Crippen molar-refractivity contribution in [3.05, 3.63) is 59.2 Å². The Hall–Kier alpha value is -2.62. The van der Waals surface area contributed by atoms with Crippen molar-refractivity contribution in [1.82, 2.24) is 0 Å². The van der Waals surface area contributed by atoms with Gasteiger partial charge in [0, 0.05) is 24.3 Å². The molecule has 1 aliphatic heterocycles. The predicted molar refractivity (Wildman–Crippen MR) is 110 cm³/mol. The highest BCUT2D eigenvalue weighted by molar-refractivity contribution is 6.03. The fourth-order valence-electron chi connectivity index (χ4n) is 3.42. The minimum absolute atomic E-state index is 0.0107. The lowest BCUT2D eigenvalue weighted by molar-refractivity contribution is -0.122. The van der Waals surface area contributed by atoms with E-state index in [1.54, 1.807) is 4.90 Å². The van der Waals surface area contributed by atoms with E-state index < -0.39 is 0 Å². The summed E-state index contributed by atoms with van der Waals surface area (Å²) >= 11 is 0. The van der Waals surface area contributed by atoms with Crippen molar-refractivity contribution in [3.8, 4) is 0 Å². The molecule has 4 nitrogen and oxygen atoms in total. The van der Waals surface area contributed by atoms with Crippen molar-refractivity contribution in [2.75, 3.05) is 16.8 Å². The minimum atomic E-state index is -0.320. The number of benzene rings is 2.